The largest absolute Gasteiger partial charge is 0.325 e. The first kappa shape index (κ1) is 20.2. The molecule has 0 aliphatic carbocycles. The Balaban J connectivity index is 1.29. The van der Waals surface area contributed by atoms with E-state index in [9.17, 15) is 9.59 Å². The van der Waals surface area contributed by atoms with Crippen LogP contribution in [0.4, 0.5) is 11.4 Å². The maximum atomic E-state index is 12.7. The molecule has 2 amide bonds. The average molecular weight is 460 g/mol. The number of nitrogens with zero attached hydrogens (tertiary/aromatic N) is 3. The Kier molecular flexibility index (Phi) is 5.57. The van der Waals surface area contributed by atoms with Crippen LogP contribution in [0.1, 0.15) is 10.4 Å². The van der Waals surface area contributed by atoms with E-state index in [4.69, 9.17) is 0 Å². The predicted molar refractivity (Wildman–Crippen MR) is 129 cm³/mol. The van der Waals surface area contributed by atoms with Crippen molar-refractivity contribution in [2.45, 2.75) is 5.16 Å². The molecule has 2 aromatic heterocycles. The molecule has 2 heterocycles. The van der Waals surface area contributed by atoms with Gasteiger partial charge < -0.3 is 10.6 Å². The van der Waals surface area contributed by atoms with Crippen molar-refractivity contribution in [2.75, 3.05) is 16.4 Å². The van der Waals surface area contributed by atoms with Crippen molar-refractivity contribution in [1.29, 1.82) is 0 Å². The van der Waals surface area contributed by atoms with Gasteiger partial charge in [-0.05, 0) is 36.4 Å². The zero-order chi connectivity index (χ0) is 21.9. The molecule has 0 aliphatic heterocycles. The summed E-state index contributed by atoms with van der Waals surface area (Å²) in [6.45, 7) is 0. The lowest BCUT2D eigenvalue weighted by Gasteiger charge is -2.11. The summed E-state index contributed by atoms with van der Waals surface area (Å²) in [5.41, 5.74) is 2.55. The van der Waals surface area contributed by atoms with Crippen molar-refractivity contribution in [3.63, 3.8) is 0 Å². The van der Waals surface area contributed by atoms with E-state index in [1.165, 1.54) is 11.8 Å². The third-order valence-electron chi connectivity index (χ3n) is 4.72. The van der Waals surface area contributed by atoms with Crippen LogP contribution in [-0.4, -0.2) is 32.2 Å². The zero-order valence-corrected chi connectivity index (χ0v) is 18.3. The zero-order valence-electron chi connectivity index (χ0n) is 16.7. The third kappa shape index (κ3) is 4.08. The molecule has 0 spiro atoms. The van der Waals surface area contributed by atoms with E-state index in [1.54, 1.807) is 35.6 Å². The topological polar surface area (TPSA) is 88.4 Å². The SMILES string of the molecule is O=C(CSc1nnc2sc3ccccc3n12)Nc1ccccc1C(=O)Nc1ccccc1. The summed E-state index contributed by atoms with van der Waals surface area (Å²) < 4.78 is 3.07. The summed E-state index contributed by atoms with van der Waals surface area (Å²) in [7, 11) is 0. The molecule has 7 nitrogen and oxygen atoms in total. The van der Waals surface area contributed by atoms with Gasteiger partial charge in [0, 0.05) is 5.69 Å². The molecule has 0 bridgehead atoms. The quantitative estimate of drug-likeness (QED) is 0.352. The fourth-order valence-electron chi connectivity index (χ4n) is 3.28. The Labute approximate surface area is 191 Å². The van der Waals surface area contributed by atoms with Gasteiger partial charge in [0.2, 0.25) is 10.9 Å². The van der Waals surface area contributed by atoms with Crippen molar-refractivity contribution in [1.82, 2.24) is 14.6 Å². The first-order valence-corrected chi connectivity index (χ1v) is 11.6. The van der Waals surface area contributed by atoms with Crippen LogP contribution in [0.3, 0.4) is 0 Å². The molecule has 0 saturated carbocycles. The fourth-order valence-corrected chi connectivity index (χ4v) is 5.04. The lowest BCUT2D eigenvalue weighted by Crippen LogP contribution is -2.19. The van der Waals surface area contributed by atoms with E-state index in [0.717, 1.165) is 15.2 Å². The number of hydrogen-bond donors (Lipinski definition) is 2. The average Bonchev–Trinajstić information content (AvgIpc) is 3.38. The molecule has 0 fully saturated rings. The van der Waals surface area contributed by atoms with Crippen LogP contribution < -0.4 is 10.6 Å². The number of nitrogens with one attached hydrogen (secondary N) is 2. The summed E-state index contributed by atoms with van der Waals surface area (Å²) in [6, 6.07) is 24.1. The molecule has 5 rings (SSSR count). The highest BCUT2D eigenvalue weighted by Gasteiger charge is 2.16. The lowest BCUT2D eigenvalue weighted by atomic mass is 10.1. The lowest BCUT2D eigenvalue weighted by molar-refractivity contribution is -0.113. The van der Waals surface area contributed by atoms with Gasteiger partial charge in [0.05, 0.1) is 27.2 Å². The molecule has 0 unspecified atom stereocenters. The van der Waals surface area contributed by atoms with E-state index in [1.807, 2.05) is 59.0 Å². The van der Waals surface area contributed by atoms with Crippen molar-refractivity contribution in [2.24, 2.45) is 0 Å². The van der Waals surface area contributed by atoms with Gasteiger partial charge in [-0.1, -0.05) is 65.6 Å². The van der Waals surface area contributed by atoms with E-state index >= 15 is 0 Å². The van der Waals surface area contributed by atoms with Crippen molar-refractivity contribution in [3.8, 4) is 0 Å². The monoisotopic (exact) mass is 459 g/mol. The highest BCUT2D eigenvalue weighted by Crippen LogP contribution is 2.29. The number of anilines is 2. The second-order valence-electron chi connectivity index (χ2n) is 6.87. The Morgan fingerprint density at radius 2 is 1.62 bits per heavy atom. The summed E-state index contributed by atoms with van der Waals surface area (Å²) in [5.74, 6) is -0.380. The molecule has 0 aliphatic rings. The highest BCUT2D eigenvalue weighted by atomic mass is 32.2. The van der Waals surface area contributed by atoms with Gasteiger partial charge in [0.25, 0.3) is 5.91 Å². The standard InChI is InChI=1S/C23H17N5O2S2/c29-20(14-31-22-26-27-23-28(22)18-12-6-7-13-19(18)32-23)25-17-11-5-4-10-16(17)21(30)24-15-8-2-1-3-9-15/h1-13H,14H2,(H,24,30)(H,25,29). The second kappa shape index (κ2) is 8.81. The summed E-state index contributed by atoms with van der Waals surface area (Å²) in [6.07, 6.45) is 0. The number of fused-ring (bicyclic) bond motifs is 3. The Morgan fingerprint density at radius 3 is 2.50 bits per heavy atom. The molecule has 9 heteroatoms. The van der Waals surface area contributed by atoms with Gasteiger partial charge in [-0.25, -0.2) is 0 Å². The first-order chi connectivity index (χ1) is 15.7. The minimum atomic E-state index is -0.288. The number of carbonyl (C=O) groups excluding carboxylic acids is 2. The Hall–Kier alpha value is -3.69. The fraction of sp³-hybridized carbons (Fsp3) is 0.0435. The number of thiazole rings is 1. The second-order valence-corrected chi connectivity index (χ2v) is 8.82. The number of carbonyl (C=O) groups is 2. The Morgan fingerprint density at radius 1 is 0.875 bits per heavy atom. The van der Waals surface area contributed by atoms with E-state index in [0.29, 0.717) is 22.1 Å². The number of amides is 2. The number of thioether (sulfide) groups is 1. The summed E-state index contributed by atoms with van der Waals surface area (Å²) in [4.78, 5) is 26.2. The number of para-hydroxylation sites is 3. The first-order valence-electron chi connectivity index (χ1n) is 9.80. The molecule has 2 N–H and O–H groups in total. The maximum absolute atomic E-state index is 12.7. The van der Waals surface area contributed by atoms with E-state index in [-0.39, 0.29) is 17.6 Å². The molecule has 32 heavy (non-hydrogen) atoms. The smallest absolute Gasteiger partial charge is 0.257 e. The normalized spacial score (nSPS) is 11.0. The molecule has 0 atom stereocenters. The molecular formula is C23H17N5O2S2. The summed E-state index contributed by atoms with van der Waals surface area (Å²) >= 11 is 2.86. The Bertz CT molecular complexity index is 1430. The van der Waals surface area contributed by atoms with Crippen LogP contribution in [0.5, 0.6) is 0 Å². The van der Waals surface area contributed by atoms with Crippen LogP contribution in [0, 0.1) is 0 Å². The van der Waals surface area contributed by atoms with Crippen LogP contribution in [0.15, 0.2) is 84.0 Å². The van der Waals surface area contributed by atoms with Crippen LogP contribution in [0.2, 0.25) is 0 Å². The summed E-state index contributed by atoms with van der Waals surface area (Å²) in [5, 5.41) is 14.8. The highest BCUT2D eigenvalue weighted by molar-refractivity contribution is 7.99. The van der Waals surface area contributed by atoms with Gasteiger partial charge in [-0.15, -0.1) is 10.2 Å². The van der Waals surface area contributed by atoms with Gasteiger partial charge in [0.1, 0.15) is 0 Å². The van der Waals surface area contributed by atoms with Crippen molar-refractivity contribution >= 4 is 61.5 Å². The molecule has 0 radical (unpaired) electrons. The number of benzene rings is 3. The maximum Gasteiger partial charge on any atom is 0.257 e. The van der Waals surface area contributed by atoms with Gasteiger partial charge in [0.15, 0.2) is 5.16 Å². The van der Waals surface area contributed by atoms with Crippen LogP contribution >= 0.6 is 23.1 Å². The van der Waals surface area contributed by atoms with Crippen LogP contribution in [0.25, 0.3) is 15.2 Å². The van der Waals surface area contributed by atoms with Crippen LogP contribution in [-0.2, 0) is 4.79 Å². The van der Waals surface area contributed by atoms with Crippen molar-refractivity contribution < 1.29 is 9.59 Å². The van der Waals surface area contributed by atoms with Crippen molar-refractivity contribution in [3.05, 3.63) is 84.4 Å². The number of rotatable bonds is 6. The molecule has 0 saturated heterocycles. The molecular weight excluding hydrogens is 442 g/mol. The number of hydrogen-bond acceptors (Lipinski definition) is 6. The predicted octanol–water partition coefficient (Wildman–Crippen LogP) is 4.93. The third-order valence-corrected chi connectivity index (χ3v) is 6.66. The van der Waals surface area contributed by atoms with Gasteiger partial charge >= 0.3 is 0 Å². The minimum Gasteiger partial charge on any atom is -0.325 e. The van der Waals surface area contributed by atoms with Gasteiger partial charge in [-0.2, -0.15) is 0 Å². The molecule has 3 aromatic carbocycles. The minimum absolute atomic E-state index is 0.138. The van der Waals surface area contributed by atoms with E-state index in [2.05, 4.69) is 20.8 Å². The molecule has 158 valence electrons. The van der Waals surface area contributed by atoms with Gasteiger partial charge in [-0.3, -0.25) is 14.0 Å². The molecule has 5 aromatic rings. The number of aromatic nitrogens is 3. The van der Waals surface area contributed by atoms with E-state index < -0.39 is 0 Å².